The zero-order chi connectivity index (χ0) is 17.2. The van der Waals surface area contributed by atoms with E-state index in [4.69, 9.17) is 14.2 Å². The van der Waals surface area contributed by atoms with E-state index >= 15 is 0 Å². The zero-order valence-electron chi connectivity index (χ0n) is 15.0. The molecule has 0 aliphatic rings. The molecule has 6 nitrogen and oxygen atoms in total. The van der Waals surface area contributed by atoms with Crippen LogP contribution in [0, 0.1) is 5.92 Å². The summed E-state index contributed by atoms with van der Waals surface area (Å²) in [5.41, 5.74) is 0.919. The van der Waals surface area contributed by atoms with E-state index in [9.17, 15) is 0 Å². The number of aliphatic imine (C=N–C) groups is 1. The molecule has 1 aromatic carbocycles. The van der Waals surface area contributed by atoms with Crippen LogP contribution < -0.4 is 24.8 Å². The van der Waals surface area contributed by atoms with E-state index in [0.717, 1.165) is 24.5 Å². The summed E-state index contributed by atoms with van der Waals surface area (Å²) in [6.07, 6.45) is 1.09. The van der Waals surface area contributed by atoms with Gasteiger partial charge in [0.25, 0.3) is 0 Å². The highest BCUT2D eigenvalue weighted by molar-refractivity contribution is 5.79. The van der Waals surface area contributed by atoms with Crippen molar-refractivity contribution in [1.82, 2.24) is 10.6 Å². The Kier molecular flexibility index (Phi) is 8.08. The van der Waals surface area contributed by atoms with Crippen LogP contribution in [0.15, 0.2) is 17.1 Å². The summed E-state index contributed by atoms with van der Waals surface area (Å²) >= 11 is 0. The van der Waals surface area contributed by atoms with Crippen LogP contribution in [0.2, 0.25) is 0 Å². The molecular weight excluding hydrogens is 294 g/mol. The zero-order valence-corrected chi connectivity index (χ0v) is 15.0. The van der Waals surface area contributed by atoms with E-state index in [-0.39, 0.29) is 0 Å². The van der Waals surface area contributed by atoms with Crippen LogP contribution >= 0.6 is 0 Å². The van der Waals surface area contributed by atoms with E-state index < -0.39 is 0 Å². The second-order valence-corrected chi connectivity index (χ2v) is 5.55. The lowest BCUT2D eigenvalue weighted by molar-refractivity contribution is 0.368. The van der Waals surface area contributed by atoms with Gasteiger partial charge in [0.2, 0.25) is 0 Å². The van der Waals surface area contributed by atoms with Gasteiger partial charge in [-0.3, -0.25) is 4.99 Å². The van der Waals surface area contributed by atoms with Gasteiger partial charge < -0.3 is 24.8 Å². The Labute approximate surface area is 139 Å². The number of ether oxygens (including phenoxy) is 3. The Hall–Kier alpha value is -2.11. The summed E-state index contributed by atoms with van der Waals surface area (Å²) in [5, 5.41) is 6.59. The molecule has 0 bridgehead atoms. The Morgan fingerprint density at radius 1 is 1.04 bits per heavy atom. The van der Waals surface area contributed by atoms with Crippen LogP contribution in [0.3, 0.4) is 0 Å². The Balaban J connectivity index is 2.79. The number of benzene rings is 1. The second kappa shape index (κ2) is 9.82. The van der Waals surface area contributed by atoms with Gasteiger partial charge in [-0.15, -0.1) is 0 Å². The van der Waals surface area contributed by atoms with Crippen molar-refractivity contribution in [2.75, 3.05) is 34.9 Å². The Morgan fingerprint density at radius 2 is 1.65 bits per heavy atom. The maximum Gasteiger partial charge on any atom is 0.191 e. The second-order valence-electron chi connectivity index (χ2n) is 5.55. The molecule has 0 aliphatic heterocycles. The van der Waals surface area contributed by atoms with Crippen LogP contribution in [0.25, 0.3) is 0 Å². The molecule has 23 heavy (non-hydrogen) atoms. The molecule has 0 fully saturated rings. The molecule has 0 heterocycles. The summed E-state index contributed by atoms with van der Waals surface area (Å²) < 4.78 is 16.2. The minimum absolute atomic E-state index is 0.539. The van der Waals surface area contributed by atoms with Crippen molar-refractivity contribution in [2.24, 2.45) is 10.9 Å². The summed E-state index contributed by atoms with van der Waals surface area (Å²) in [6.45, 7) is 5.82. The molecule has 130 valence electrons. The molecule has 2 N–H and O–H groups in total. The molecule has 0 spiro atoms. The van der Waals surface area contributed by atoms with Gasteiger partial charge in [0, 0.05) is 25.7 Å². The van der Waals surface area contributed by atoms with E-state index in [1.165, 1.54) is 0 Å². The van der Waals surface area contributed by atoms with Gasteiger partial charge in [-0.2, -0.15) is 0 Å². The van der Waals surface area contributed by atoms with E-state index in [1.807, 2.05) is 12.1 Å². The van der Waals surface area contributed by atoms with Gasteiger partial charge in [0.05, 0.1) is 33.4 Å². The molecule has 0 unspecified atom stereocenters. The summed E-state index contributed by atoms with van der Waals surface area (Å²) in [7, 11) is 6.64. The van der Waals surface area contributed by atoms with Crippen molar-refractivity contribution in [2.45, 2.75) is 26.8 Å². The smallest absolute Gasteiger partial charge is 0.191 e. The van der Waals surface area contributed by atoms with Crippen LogP contribution in [-0.2, 0) is 6.54 Å². The molecule has 0 aliphatic carbocycles. The van der Waals surface area contributed by atoms with Gasteiger partial charge in [0.15, 0.2) is 5.96 Å². The molecule has 6 heteroatoms. The lowest BCUT2D eigenvalue weighted by Crippen LogP contribution is -2.37. The van der Waals surface area contributed by atoms with Gasteiger partial charge >= 0.3 is 0 Å². The van der Waals surface area contributed by atoms with Crippen molar-refractivity contribution < 1.29 is 14.2 Å². The third-order valence-corrected chi connectivity index (χ3v) is 3.49. The van der Waals surface area contributed by atoms with Crippen molar-refractivity contribution in [3.05, 3.63) is 17.7 Å². The van der Waals surface area contributed by atoms with Crippen LogP contribution in [0.5, 0.6) is 17.2 Å². The molecule has 0 atom stereocenters. The van der Waals surface area contributed by atoms with E-state index in [0.29, 0.717) is 29.7 Å². The fourth-order valence-corrected chi connectivity index (χ4v) is 2.12. The molecule has 0 amide bonds. The van der Waals surface area contributed by atoms with Crippen molar-refractivity contribution in [3.8, 4) is 17.2 Å². The number of guanidine groups is 1. The molecule has 1 rings (SSSR count). The predicted octanol–water partition coefficient (Wildman–Crippen LogP) is 2.42. The van der Waals surface area contributed by atoms with Crippen LogP contribution in [-0.4, -0.2) is 40.9 Å². The van der Waals surface area contributed by atoms with Crippen molar-refractivity contribution in [1.29, 1.82) is 0 Å². The van der Waals surface area contributed by atoms with E-state index in [1.54, 1.807) is 28.4 Å². The van der Waals surface area contributed by atoms with Gasteiger partial charge in [-0.05, 0) is 12.3 Å². The maximum atomic E-state index is 5.45. The third kappa shape index (κ3) is 5.88. The molecule has 0 radical (unpaired) electrons. The SMILES string of the molecule is CN=C(NCCC(C)C)NCc1c(OC)cc(OC)cc1OC. The molecule has 1 aromatic rings. The summed E-state index contributed by atoms with van der Waals surface area (Å²) in [4.78, 5) is 4.23. The number of hydrogen-bond donors (Lipinski definition) is 2. The largest absolute Gasteiger partial charge is 0.496 e. The van der Waals surface area contributed by atoms with Crippen LogP contribution in [0.1, 0.15) is 25.8 Å². The lowest BCUT2D eigenvalue weighted by atomic mass is 10.1. The highest BCUT2D eigenvalue weighted by atomic mass is 16.5. The van der Waals surface area contributed by atoms with Crippen LogP contribution in [0.4, 0.5) is 0 Å². The highest BCUT2D eigenvalue weighted by Gasteiger charge is 2.13. The first-order valence-electron chi connectivity index (χ1n) is 7.79. The summed E-state index contributed by atoms with van der Waals surface area (Å²) in [5.74, 6) is 3.53. The fourth-order valence-electron chi connectivity index (χ4n) is 2.12. The third-order valence-electron chi connectivity index (χ3n) is 3.49. The molecular formula is C17H29N3O3. The number of rotatable bonds is 8. The number of methoxy groups -OCH3 is 3. The topological polar surface area (TPSA) is 64.1 Å². The highest BCUT2D eigenvalue weighted by Crippen LogP contribution is 2.33. The number of nitrogens with one attached hydrogen (secondary N) is 2. The standard InChI is InChI=1S/C17H29N3O3/c1-12(2)7-8-19-17(18-3)20-11-14-15(22-5)9-13(21-4)10-16(14)23-6/h9-10,12H,7-8,11H2,1-6H3,(H2,18,19,20). The fraction of sp³-hybridized carbons (Fsp3) is 0.588. The number of hydrogen-bond acceptors (Lipinski definition) is 4. The minimum Gasteiger partial charge on any atom is -0.496 e. The first kappa shape index (κ1) is 18.9. The van der Waals surface area contributed by atoms with Crippen molar-refractivity contribution in [3.63, 3.8) is 0 Å². The summed E-state index contributed by atoms with van der Waals surface area (Å²) in [6, 6.07) is 3.68. The Morgan fingerprint density at radius 3 is 2.09 bits per heavy atom. The first-order valence-corrected chi connectivity index (χ1v) is 7.79. The van der Waals surface area contributed by atoms with Crippen molar-refractivity contribution >= 4 is 5.96 Å². The molecule has 0 saturated heterocycles. The average molecular weight is 323 g/mol. The van der Waals surface area contributed by atoms with Gasteiger partial charge in [0.1, 0.15) is 17.2 Å². The minimum atomic E-state index is 0.539. The number of nitrogens with zero attached hydrogens (tertiary/aromatic N) is 1. The quantitative estimate of drug-likeness (QED) is 0.568. The first-order chi connectivity index (χ1) is 11.0. The van der Waals surface area contributed by atoms with Gasteiger partial charge in [-0.1, -0.05) is 13.8 Å². The lowest BCUT2D eigenvalue weighted by Gasteiger charge is -2.17. The monoisotopic (exact) mass is 323 g/mol. The van der Waals surface area contributed by atoms with E-state index in [2.05, 4.69) is 29.5 Å². The Bertz CT molecular complexity index is 491. The average Bonchev–Trinajstić information content (AvgIpc) is 2.56. The van der Waals surface area contributed by atoms with Gasteiger partial charge in [-0.25, -0.2) is 0 Å². The normalized spacial score (nSPS) is 11.3. The maximum absolute atomic E-state index is 5.45. The molecule has 0 aromatic heterocycles. The predicted molar refractivity (Wildman–Crippen MR) is 93.8 cm³/mol. The molecule has 0 saturated carbocycles.